The van der Waals surface area contributed by atoms with Crippen LogP contribution < -0.4 is 10.5 Å². The van der Waals surface area contributed by atoms with Crippen molar-refractivity contribution in [3.05, 3.63) is 29.8 Å². The highest BCUT2D eigenvalue weighted by Crippen LogP contribution is 2.24. The number of para-hydroxylation sites is 1. The highest BCUT2D eigenvalue weighted by Gasteiger charge is 2.22. The zero-order valence-electron chi connectivity index (χ0n) is 12.5. The van der Waals surface area contributed by atoms with Crippen molar-refractivity contribution in [2.24, 2.45) is 11.1 Å². The molecule has 20 heavy (non-hydrogen) atoms. The van der Waals surface area contributed by atoms with Gasteiger partial charge < -0.3 is 10.5 Å². The number of hydrogen-bond donors (Lipinski definition) is 2. The number of fused-ring (bicyclic) bond motifs is 1. The van der Waals surface area contributed by atoms with E-state index in [2.05, 4.69) is 17.0 Å². The molecule has 4 heteroatoms. The van der Waals surface area contributed by atoms with Gasteiger partial charge in [-0.3, -0.25) is 10.3 Å². The Hall–Kier alpha value is -1.55. The molecule has 0 aliphatic carbocycles. The van der Waals surface area contributed by atoms with Crippen LogP contribution in [0.4, 0.5) is 0 Å². The summed E-state index contributed by atoms with van der Waals surface area (Å²) in [4.78, 5) is 2.42. The van der Waals surface area contributed by atoms with E-state index in [9.17, 15) is 0 Å². The van der Waals surface area contributed by atoms with Gasteiger partial charge in [0.2, 0.25) is 0 Å². The second-order valence-electron chi connectivity index (χ2n) is 6.13. The van der Waals surface area contributed by atoms with E-state index < -0.39 is 0 Å². The SMILES string of the molecule is CC(C)(CCCN1CCOc2ccccc2C1)C(=N)N. The summed E-state index contributed by atoms with van der Waals surface area (Å²) in [6.07, 6.45) is 2.00. The Labute approximate surface area is 121 Å². The summed E-state index contributed by atoms with van der Waals surface area (Å²) in [5, 5.41) is 7.60. The molecule has 0 saturated carbocycles. The van der Waals surface area contributed by atoms with E-state index >= 15 is 0 Å². The van der Waals surface area contributed by atoms with Crippen LogP contribution in [0.1, 0.15) is 32.3 Å². The smallest absolute Gasteiger partial charge is 0.123 e. The first-order chi connectivity index (χ1) is 9.49. The zero-order valence-corrected chi connectivity index (χ0v) is 12.5. The molecule has 2 rings (SSSR count). The van der Waals surface area contributed by atoms with E-state index in [0.717, 1.165) is 44.8 Å². The second-order valence-corrected chi connectivity index (χ2v) is 6.13. The fourth-order valence-electron chi connectivity index (χ4n) is 2.45. The monoisotopic (exact) mass is 275 g/mol. The lowest BCUT2D eigenvalue weighted by atomic mass is 9.86. The Kier molecular flexibility index (Phi) is 4.65. The van der Waals surface area contributed by atoms with Crippen molar-refractivity contribution in [1.29, 1.82) is 5.41 Å². The van der Waals surface area contributed by atoms with Crippen LogP contribution in [0, 0.1) is 10.8 Å². The molecule has 0 spiro atoms. The van der Waals surface area contributed by atoms with Crippen LogP contribution in [-0.4, -0.2) is 30.4 Å². The van der Waals surface area contributed by atoms with Gasteiger partial charge in [-0.05, 0) is 25.5 Å². The number of rotatable bonds is 5. The molecular formula is C16H25N3O. The van der Waals surface area contributed by atoms with Crippen molar-refractivity contribution in [2.45, 2.75) is 33.2 Å². The molecule has 0 aromatic heterocycles. The Balaban J connectivity index is 1.87. The van der Waals surface area contributed by atoms with Crippen molar-refractivity contribution in [2.75, 3.05) is 19.7 Å². The number of benzene rings is 1. The van der Waals surface area contributed by atoms with Gasteiger partial charge in [-0.25, -0.2) is 0 Å². The summed E-state index contributed by atoms with van der Waals surface area (Å²) in [7, 11) is 0. The van der Waals surface area contributed by atoms with Crippen LogP contribution in [0.25, 0.3) is 0 Å². The number of nitrogens with two attached hydrogens (primary N) is 1. The first kappa shape index (κ1) is 14.9. The molecule has 0 atom stereocenters. The maximum atomic E-state index is 7.60. The predicted molar refractivity (Wildman–Crippen MR) is 82.1 cm³/mol. The average molecular weight is 275 g/mol. The summed E-state index contributed by atoms with van der Waals surface area (Å²) in [6.45, 7) is 7.74. The van der Waals surface area contributed by atoms with Crippen molar-refractivity contribution in [3.8, 4) is 5.75 Å². The first-order valence-corrected chi connectivity index (χ1v) is 7.26. The van der Waals surface area contributed by atoms with Gasteiger partial charge in [0, 0.05) is 24.1 Å². The van der Waals surface area contributed by atoms with Crippen LogP contribution in [0.15, 0.2) is 24.3 Å². The van der Waals surface area contributed by atoms with Crippen molar-refractivity contribution in [3.63, 3.8) is 0 Å². The van der Waals surface area contributed by atoms with Crippen molar-refractivity contribution < 1.29 is 4.74 Å². The normalized spacial score (nSPS) is 16.1. The maximum absolute atomic E-state index is 7.60. The minimum Gasteiger partial charge on any atom is -0.492 e. The summed E-state index contributed by atoms with van der Waals surface area (Å²) in [6, 6.07) is 8.25. The van der Waals surface area contributed by atoms with Crippen molar-refractivity contribution in [1.82, 2.24) is 4.90 Å². The quantitative estimate of drug-likeness (QED) is 0.641. The van der Waals surface area contributed by atoms with E-state index in [1.165, 1.54) is 5.56 Å². The maximum Gasteiger partial charge on any atom is 0.123 e. The summed E-state index contributed by atoms with van der Waals surface area (Å²) < 4.78 is 5.77. The molecule has 0 bridgehead atoms. The molecule has 4 nitrogen and oxygen atoms in total. The molecule has 1 aliphatic heterocycles. The van der Waals surface area contributed by atoms with Crippen molar-refractivity contribution >= 4 is 5.84 Å². The van der Waals surface area contributed by atoms with E-state index in [1.54, 1.807) is 0 Å². The third-order valence-corrected chi connectivity index (χ3v) is 4.04. The molecule has 0 fully saturated rings. The van der Waals surface area contributed by atoms with Gasteiger partial charge in [0.15, 0.2) is 0 Å². The predicted octanol–water partition coefficient (Wildman–Crippen LogP) is 2.62. The van der Waals surface area contributed by atoms with Gasteiger partial charge in [-0.1, -0.05) is 32.0 Å². The fraction of sp³-hybridized carbons (Fsp3) is 0.562. The van der Waals surface area contributed by atoms with Gasteiger partial charge in [-0.15, -0.1) is 0 Å². The van der Waals surface area contributed by atoms with E-state index in [-0.39, 0.29) is 11.3 Å². The lowest BCUT2D eigenvalue weighted by Gasteiger charge is -2.25. The number of hydrogen-bond acceptors (Lipinski definition) is 3. The third-order valence-electron chi connectivity index (χ3n) is 4.04. The topological polar surface area (TPSA) is 62.3 Å². The standard InChI is InChI=1S/C16H25N3O/c1-16(2,15(17)18)8-5-9-19-10-11-20-14-7-4-3-6-13(14)12-19/h3-4,6-7H,5,8-12H2,1-2H3,(H3,17,18). The largest absolute Gasteiger partial charge is 0.492 e. The van der Waals surface area contributed by atoms with Gasteiger partial charge >= 0.3 is 0 Å². The van der Waals surface area contributed by atoms with Gasteiger partial charge in [0.1, 0.15) is 12.4 Å². The van der Waals surface area contributed by atoms with Crippen LogP contribution in [0.3, 0.4) is 0 Å². The number of amidine groups is 1. The molecule has 0 saturated heterocycles. The molecule has 0 radical (unpaired) electrons. The molecule has 1 heterocycles. The Bertz CT molecular complexity index is 471. The third kappa shape index (κ3) is 3.73. The van der Waals surface area contributed by atoms with Crippen LogP contribution in [0.5, 0.6) is 5.75 Å². The van der Waals surface area contributed by atoms with Crippen LogP contribution in [0.2, 0.25) is 0 Å². The lowest BCUT2D eigenvalue weighted by Crippen LogP contribution is -2.33. The number of nitrogens with zero attached hydrogens (tertiary/aromatic N) is 1. The van der Waals surface area contributed by atoms with Gasteiger partial charge in [0.25, 0.3) is 0 Å². The molecule has 1 aromatic carbocycles. The van der Waals surface area contributed by atoms with E-state index in [1.807, 2.05) is 26.0 Å². The highest BCUT2D eigenvalue weighted by atomic mass is 16.5. The first-order valence-electron chi connectivity index (χ1n) is 7.26. The fourth-order valence-corrected chi connectivity index (χ4v) is 2.45. The second kappa shape index (κ2) is 6.27. The van der Waals surface area contributed by atoms with Gasteiger partial charge in [0.05, 0.1) is 5.84 Å². The summed E-state index contributed by atoms with van der Waals surface area (Å²) >= 11 is 0. The molecule has 110 valence electrons. The average Bonchev–Trinajstić information content (AvgIpc) is 2.60. The minimum absolute atomic E-state index is 0.194. The molecule has 0 amide bonds. The summed E-state index contributed by atoms with van der Waals surface area (Å²) in [5.41, 5.74) is 6.69. The van der Waals surface area contributed by atoms with Crippen LogP contribution >= 0.6 is 0 Å². The van der Waals surface area contributed by atoms with Gasteiger partial charge in [-0.2, -0.15) is 0 Å². The molecule has 1 aromatic rings. The number of nitrogens with one attached hydrogen (secondary N) is 1. The molecule has 1 aliphatic rings. The lowest BCUT2D eigenvalue weighted by molar-refractivity contribution is 0.217. The Morgan fingerprint density at radius 3 is 2.90 bits per heavy atom. The summed E-state index contributed by atoms with van der Waals surface area (Å²) in [5.74, 6) is 1.29. The zero-order chi connectivity index (χ0) is 14.6. The van der Waals surface area contributed by atoms with Crippen LogP contribution in [-0.2, 0) is 6.54 Å². The highest BCUT2D eigenvalue weighted by molar-refractivity contribution is 5.82. The Morgan fingerprint density at radius 2 is 2.15 bits per heavy atom. The minimum atomic E-state index is -0.194. The molecule has 3 N–H and O–H groups in total. The molecule has 0 unspecified atom stereocenters. The number of ether oxygens (including phenoxy) is 1. The molecular weight excluding hydrogens is 250 g/mol. The Morgan fingerprint density at radius 1 is 1.40 bits per heavy atom. The van der Waals surface area contributed by atoms with E-state index in [4.69, 9.17) is 15.9 Å². The van der Waals surface area contributed by atoms with E-state index in [0.29, 0.717) is 0 Å².